The molecule has 7 heteroatoms. The fourth-order valence-electron chi connectivity index (χ4n) is 1.77. The smallest absolute Gasteiger partial charge is 0.346 e. The van der Waals surface area contributed by atoms with Crippen molar-refractivity contribution in [3.8, 4) is 0 Å². The number of halogens is 3. The third-order valence-corrected chi connectivity index (χ3v) is 2.63. The second kappa shape index (κ2) is 8.04. The molecule has 0 unspecified atom stereocenters. The zero-order valence-corrected chi connectivity index (χ0v) is 11.9. The zero-order chi connectivity index (χ0) is 15.0. The van der Waals surface area contributed by atoms with Crippen LogP contribution in [0.25, 0.3) is 0 Å². The van der Waals surface area contributed by atoms with Gasteiger partial charge >= 0.3 is 6.18 Å². The number of hydrogen-bond donors (Lipinski definition) is 1. The Kier molecular flexibility index (Phi) is 6.70. The molecule has 1 heterocycles. The predicted octanol–water partition coefficient (Wildman–Crippen LogP) is 2.75. The zero-order valence-electron chi connectivity index (χ0n) is 11.9. The van der Waals surface area contributed by atoms with E-state index < -0.39 is 12.7 Å². The third-order valence-electron chi connectivity index (χ3n) is 2.63. The van der Waals surface area contributed by atoms with Gasteiger partial charge in [-0.05, 0) is 31.5 Å². The summed E-state index contributed by atoms with van der Waals surface area (Å²) in [5.41, 5.74) is 0.727. The van der Waals surface area contributed by atoms with Gasteiger partial charge in [-0.15, -0.1) is 5.10 Å². The first-order chi connectivity index (χ1) is 9.46. The van der Waals surface area contributed by atoms with Crippen molar-refractivity contribution in [1.82, 2.24) is 15.5 Å². The van der Waals surface area contributed by atoms with E-state index in [-0.39, 0.29) is 5.82 Å². The fraction of sp³-hybridized carbons (Fsp3) is 0.692. The fourth-order valence-corrected chi connectivity index (χ4v) is 1.77. The summed E-state index contributed by atoms with van der Waals surface area (Å²) in [6, 6.07) is 3.31. The molecule has 0 aliphatic heterocycles. The molecule has 1 N–H and O–H groups in total. The van der Waals surface area contributed by atoms with Crippen molar-refractivity contribution in [2.24, 2.45) is 0 Å². The van der Waals surface area contributed by atoms with Gasteiger partial charge in [0.05, 0.1) is 5.69 Å². The number of nitrogens with one attached hydrogen (secondary N) is 1. The maximum Gasteiger partial charge on any atom is 0.405 e. The monoisotopic (exact) mass is 290 g/mol. The van der Waals surface area contributed by atoms with Crippen molar-refractivity contribution in [3.05, 3.63) is 17.8 Å². The molecule has 0 bridgehead atoms. The Morgan fingerprint density at radius 3 is 2.40 bits per heavy atom. The highest BCUT2D eigenvalue weighted by Crippen LogP contribution is 2.20. The Morgan fingerprint density at radius 1 is 1.15 bits per heavy atom. The van der Waals surface area contributed by atoms with Crippen LogP contribution in [-0.2, 0) is 6.54 Å². The van der Waals surface area contributed by atoms with Gasteiger partial charge in [-0.2, -0.15) is 18.3 Å². The summed E-state index contributed by atoms with van der Waals surface area (Å²) in [5, 5.41) is 11.0. The van der Waals surface area contributed by atoms with E-state index in [0.717, 1.165) is 18.7 Å². The molecule has 20 heavy (non-hydrogen) atoms. The molecular formula is C13H21F3N4. The molecule has 0 amide bonds. The van der Waals surface area contributed by atoms with Gasteiger partial charge in [-0.3, -0.25) is 0 Å². The minimum Gasteiger partial charge on any atom is -0.346 e. The highest BCUT2D eigenvalue weighted by molar-refractivity contribution is 5.37. The molecule has 0 fully saturated rings. The van der Waals surface area contributed by atoms with Crippen molar-refractivity contribution in [1.29, 1.82) is 0 Å². The van der Waals surface area contributed by atoms with Crippen LogP contribution >= 0.6 is 0 Å². The van der Waals surface area contributed by atoms with Crippen molar-refractivity contribution >= 4 is 5.82 Å². The SMILES string of the molecule is CCCNCc1ccc(N(CCC)CC(F)(F)F)nn1. The second-order valence-corrected chi connectivity index (χ2v) is 4.60. The predicted molar refractivity (Wildman–Crippen MR) is 72.6 cm³/mol. The Bertz CT molecular complexity index is 378. The van der Waals surface area contributed by atoms with Gasteiger partial charge in [0.2, 0.25) is 0 Å². The Balaban J connectivity index is 2.67. The maximum atomic E-state index is 12.5. The highest BCUT2D eigenvalue weighted by atomic mass is 19.4. The molecule has 0 atom stereocenters. The molecule has 0 aromatic carbocycles. The van der Waals surface area contributed by atoms with E-state index in [1.807, 2.05) is 6.92 Å². The first kappa shape index (κ1) is 16.7. The quantitative estimate of drug-likeness (QED) is 0.747. The molecule has 0 saturated heterocycles. The van der Waals surface area contributed by atoms with Gasteiger partial charge in [0.1, 0.15) is 6.54 Å². The van der Waals surface area contributed by atoms with Crippen molar-refractivity contribution in [2.75, 3.05) is 24.5 Å². The normalized spacial score (nSPS) is 11.7. The molecule has 1 aromatic heterocycles. The minimum absolute atomic E-state index is 0.267. The first-order valence-corrected chi connectivity index (χ1v) is 6.81. The largest absolute Gasteiger partial charge is 0.405 e. The number of hydrogen-bond acceptors (Lipinski definition) is 4. The molecule has 4 nitrogen and oxygen atoms in total. The van der Waals surface area contributed by atoms with Gasteiger partial charge < -0.3 is 10.2 Å². The summed E-state index contributed by atoms with van der Waals surface area (Å²) in [6.45, 7) is 4.65. The number of nitrogens with zero attached hydrogens (tertiary/aromatic N) is 3. The average Bonchev–Trinajstić information content (AvgIpc) is 2.38. The summed E-state index contributed by atoms with van der Waals surface area (Å²) in [4.78, 5) is 1.20. The van der Waals surface area contributed by atoms with Crippen LogP contribution in [0.4, 0.5) is 19.0 Å². The standard InChI is InChI=1S/C13H21F3N4/c1-3-7-17-9-11-5-6-12(19-18-11)20(8-4-2)10-13(14,15)16/h5-6,17H,3-4,7-10H2,1-2H3. The molecular weight excluding hydrogens is 269 g/mol. The minimum atomic E-state index is -4.24. The Labute approximate surface area is 117 Å². The van der Waals surface area contributed by atoms with E-state index >= 15 is 0 Å². The molecule has 0 spiro atoms. The van der Waals surface area contributed by atoms with Crippen molar-refractivity contribution in [3.63, 3.8) is 0 Å². The van der Waals surface area contributed by atoms with Crippen molar-refractivity contribution < 1.29 is 13.2 Å². The summed E-state index contributed by atoms with van der Waals surface area (Å²) in [7, 11) is 0. The molecule has 0 aliphatic rings. The third kappa shape index (κ3) is 6.18. The molecule has 1 rings (SSSR count). The first-order valence-electron chi connectivity index (χ1n) is 6.81. The Hall–Kier alpha value is -1.37. The number of alkyl halides is 3. The summed E-state index contributed by atoms with van der Waals surface area (Å²) in [5.74, 6) is 0.267. The van der Waals surface area contributed by atoms with Gasteiger partial charge in [0.25, 0.3) is 0 Å². The lowest BCUT2D eigenvalue weighted by Crippen LogP contribution is -2.35. The van der Waals surface area contributed by atoms with Gasteiger partial charge in [0, 0.05) is 13.1 Å². The van der Waals surface area contributed by atoms with E-state index in [1.165, 1.54) is 4.90 Å². The van der Waals surface area contributed by atoms with Crippen LogP contribution in [0, 0.1) is 0 Å². The van der Waals surface area contributed by atoms with Crippen molar-refractivity contribution in [2.45, 2.75) is 39.4 Å². The van der Waals surface area contributed by atoms with Crippen LogP contribution in [0.1, 0.15) is 32.4 Å². The van der Waals surface area contributed by atoms with Crippen LogP contribution in [0.2, 0.25) is 0 Å². The maximum absolute atomic E-state index is 12.5. The lowest BCUT2D eigenvalue weighted by atomic mass is 10.3. The van der Waals surface area contributed by atoms with Crippen LogP contribution in [0.5, 0.6) is 0 Å². The average molecular weight is 290 g/mol. The summed E-state index contributed by atoms with van der Waals surface area (Å²) < 4.78 is 37.5. The van der Waals surface area contributed by atoms with Crippen LogP contribution in [0.3, 0.4) is 0 Å². The highest BCUT2D eigenvalue weighted by Gasteiger charge is 2.31. The van der Waals surface area contributed by atoms with E-state index in [1.54, 1.807) is 12.1 Å². The van der Waals surface area contributed by atoms with Gasteiger partial charge in [0.15, 0.2) is 5.82 Å². The number of rotatable bonds is 8. The van der Waals surface area contributed by atoms with E-state index in [4.69, 9.17) is 0 Å². The molecule has 0 aliphatic carbocycles. The number of aromatic nitrogens is 2. The van der Waals surface area contributed by atoms with Gasteiger partial charge in [-0.1, -0.05) is 13.8 Å². The molecule has 0 saturated carbocycles. The van der Waals surface area contributed by atoms with E-state index in [0.29, 0.717) is 19.5 Å². The van der Waals surface area contributed by atoms with E-state index in [9.17, 15) is 13.2 Å². The number of anilines is 1. The Morgan fingerprint density at radius 2 is 1.90 bits per heavy atom. The second-order valence-electron chi connectivity index (χ2n) is 4.60. The van der Waals surface area contributed by atoms with Crippen LogP contribution in [0.15, 0.2) is 12.1 Å². The van der Waals surface area contributed by atoms with Crippen LogP contribution < -0.4 is 10.2 Å². The summed E-state index contributed by atoms with van der Waals surface area (Å²) in [6.07, 6.45) is -2.60. The molecule has 0 radical (unpaired) electrons. The molecule has 114 valence electrons. The molecule has 1 aromatic rings. The van der Waals surface area contributed by atoms with Gasteiger partial charge in [-0.25, -0.2) is 0 Å². The lowest BCUT2D eigenvalue weighted by molar-refractivity contribution is -0.119. The summed E-state index contributed by atoms with van der Waals surface area (Å²) >= 11 is 0. The topological polar surface area (TPSA) is 41.0 Å². The van der Waals surface area contributed by atoms with E-state index in [2.05, 4.69) is 22.4 Å². The van der Waals surface area contributed by atoms with Crippen LogP contribution in [-0.4, -0.2) is 36.0 Å². The lowest BCUT2D eigenvalue weighted by Gasteiger charge is -2.23.